The van der Waals surface area contributed by atoms with Crippen molar-refractivity contribution in [3.63, 3.8) is 0 Å². The van der Waals surface area contributed by atoms with Crippen LogP contribution in [0, 0.1) is 26.7 Å². The summed E-state index contributed by atoms with van der Waals surface area (Å²) < 4.78 is 0. The molecule has 1 aromatic heterocycles. The van der Waals surface area contributed by atoms with E-state index in [1.165, 1.54) is 11.1 Å². The van der Waals surface area contributed by atoms with Crippen LogP contribution in [0.2, 0.25) is 0 Å². The van der Waals surface area contributed by atoms with E-state index in [2.05, 4.69) is 31.0 Å². The van der Waals surface area contributed by atoms with Gasteiger partial charge in [-0.2, -0.15) is 0 Å². The molecule has 3 fully saturated rings. The second-order valence-corrected chi connectivity index (χ2v) is 8.11. The number of carbonyl (C=O) groups excluding carboxylic acids is 2. The number of aromatic nitrogens is 1. The molecule has 3 aliphatic rings. The zero-order valence-electron chi connectivity index (χ0n) is 16.1. The van der Waals surface area contributed by atoms with E-state index in [9.17, 15) is 9.59 Å². The zero-order valence-corrected chi connectivity index (χ0v) is 16.1. The molecule has 5 rings (SSSR count). The minimum atomic E-state index is 0.0795. The van der Waals surface area contributed by atoms with Gasteiger partial charge in [-0.25, -0.2) is 0 Å². The number of nitrogens with zero attached hydrogens (tertiary/aromatic N) is 2. The van der Waals surface area contributed by atoms with Crippen LogP contribution < -0.4 is 0 Å². The summed E-state index contributed by atoms with van der Waals surface area (Å²) >= 11 is 0. The van der Waals surface area contributed by atoms with Crippen LogP contribution in [0.25, 0.3) is 10.9 Å². The smallest absolute Gasteiger partial charge is 0.270 e. The average molecular weight is 353 g/mol. The molecule has 0 spiro atoms. The van der Waals surface area contributed by atoms with E-state index >= 15 is 0 Å². The molecule has 138 valence electrons. The highest BCUT2D eigenvalue weighted by atomic mass is 16.2. The van der Waals surface area contributed by atoms with Gasteiger partial charge in [0.2, 0.25) is 5.91 Å². The first kappa shape index (κ1) is 17.1. The lowest BCUT2D eigenvalue weighted by molar-refractivity contribution is -0.129. The summed E-state index contributed by atoms with van der Waals surface area (Å²) in [4.78, 5) is 32.6. The number of aryl methyl sites for hydroxylation is 3. The Morgan fingerprint density at radius 1 is 1.08 bits per heavy atom. The van der Waals surface area contributed by atoms with Gasteiger partial charge < -0.3 is 14.8 Å². The number of rotatable bonds is 1. The summed E-state index contributed by atoms with van der Waals surface area (Å²) in [6.45, 7) is 10.0. The second kappa shape index (κ2) is 6.15. The van der Waals surface area contributed by atoms with Crippen LogP contribution in [0.1, 0.15) is 46.9 Å². The molecular weight excluding hydrogens is 326 g/mol. The Bertz CT molecular complexity index is 898. The van der Waals surface area contributed by atoms with E-state index in [1.807, 2.05) is 16.7 Å². The topological polar surface area (TPSA) is 56.4 Å². The minimum Gasteiger partial charge on any atom is -0.350 e. The number of H-pyrrole nitrogens is 1. The second-order valence-electron chi connectivity index (χ2n) is 8.11. The molecule has 0 unspecified atom stereocenters. The molecule has 4 heterocycles. The molecule has 5 nitrogen and oxygen atoms in total. The van der Waals surface area contributed by atoms with Crippen molar-refractivity contribution >= 4 is 22.7 Å². The number of benzene rings is 1. The number of nitrogens with one attached hydrogen (secondary N) is 1. The lowest BCUT2D eigenvalue weighted by Crippen LogP contribution is -2.47. The fourth-order valence-corrected chi connectivity index (χ4v) is 4.73. The van der Waals surface area contributed by atoms with Crippen LogP contribution in [0.4, 0.5) is 0 Å². The third-order valence-electron chi connectivity index (χ3n) is 6.14. The van der Waals surface area contributed by atoms with Crippen molar-refractivity contribution in [2.24, 2.45) is 5.92 Å². The van der Waals surface area contributed by atoms with Gasteiger partial charge >= 0.3 is 0 Å². The quantitative estimate of drug-likeness (QED) is 0.856. The summed E-state index contributed by atoms with van der Waals surface area (Å²) in [6, 6.07) is 4.42. The van der Waals surface area contributed by atoms with Gasteiger partial charge in [0.05, 0.1) is 0 Å². The number of fused-ring (bicyclic) bond motifs is 5. The van der Waals surface area contributed by atoms with Crippen molar-refractivity contribution < 1.29 is 9.59 Å². The third kappa shape index (κ3) is 2.70. The van der Waals surface area contributed by atoms with Crippen LogP contribution in [0.15, 0.2) is 12.1 Å². The number of hydrogen-bond donors (Lipinski definition) is 1. The minimum absolute atomic E-state index is 0.0795. The van der Waals surface area contributed by atoms with Gasteiger partial charge in [0.1, 0.15) is 5.69 Å². The van der Waals surface area contributed by atoms with E-state index < -0.39 is 0 Å². The molecule has 5 heteroatoms. The Morgan fingerprint density at radius 2 is 1.85 bits per heavy atom. The Morgan fingerprint density at radius 3 is 2.58 bits per heavy atom. The molecule has 3 saturated heterocycles. The van der Waals surface area contributed by atoms with Crippen molar-refractivity contribution in [1.29, 1.82) is 0 Å². The van der Waals surface area contributed by atoms with Crippen LogP contribution in [0.5, 0.6) is 0 Å². The third-order valence-corrected chi connectivity index (χ3v) is 6.14. The fraction of sp³-hybridized carbons (Fsp3) is 0.524. The average Bonchev–Trinajstić information content (AvgIpc) is 2.77. The van der Waals surface area contributed by atoms with Crippen molar-refractivity contribution in [2.45, 2.75) is 46.6 Å². The predicted molar refractivity (Wildman–Crippen MR) is 102 cm³/mol. The molecule has 1 aromatic carbocycles. The van der Waals surface area contributed by atoms with Crippen LogP contribution in [-0.4, -0.2) is 52.3 Å². The molecule has 1 N–H and O–H groups in total. The molecule has 2 bridgehead atoms. The Balaban J connectivity index is 1.70. The first-order valence-electron chi connectivity index (χ1n) is 9.51. The van der Waals surface area contributed by atoms with Crippen molar-refractivity contribution in [1.82, 2.24) is 14.8 Å². The van der Waals surface area contributed by atoms with Crippen molar-refractivity contribution in [3.8, 4) is 0 Å². The van der Waals surface area contributed by atoms with Crippen LogP contribution >= 0.6 is 0 Å². The SMILES string of the molecule is CC(=O)N1C[C@H]2CC[C@@H](C1)N(C(=O)c1[nH]c3c(C)cc(C)cc3c1C)C2. The summed E-state index contributed by atoms with van der Waals surface area (Å²) in [6.07, 6.45) is 2.08. The number of piperidine rings is 1. The van der Waals surface area contributed by atoms with E-state index in [0.717, 1.165) is 42.4 Å². The van der Waals surface area contributed by atoms with Crippen LogP contribution in [-0.2, 0) is 4.79 Å². The van der Waals surface area contributed by atoms with Gasteiger partial charge in [-0.05, 0) is 56.7 Å². The molecule has 2 atom stereocenters. The highest BCUT2D eigenvalue weighted by molar-refractivity contribution is 6.02. The summed E-state index contributed by atoms with van der Waals surface area (Å²) in [5, 5.41) is 1.14. The maximum atomic E-state index is 13.4. The van der Waals surface area contributed by atoms with Gasteiger partial charge in [0.15, 0.2) is 0 Å². The molecule has 26 heavy (non-hydrogen) atoms. The molecule has 0 saturated carbocycles. The molecule has 2 aromatic rings. The summed E-state index contributed by atoms with van der Waals surface area (Å²) in [5.74, 6) is 0.579. The summed E-state index contributed by atoms with van der Waals surface area (Å²) in [5.41, 5.74) is 5.17. The van der Waals surface area contributed by atoms with Gasteiger partial charge in [-0.1, -0.05) is 11.6 Å². The maximum Gasteiger partial charge on any atom is 0.270 e. The largest absolute Gasteiger partial charge is 0.350 e. The van der Waals surface area contributed by atoms with E-state index in [4.69, 9.17) is 0 Å². The van der Waals surface area contributed by atoms with E-state index in [1.54, 1.807) is 6.92 Å². The molecule has 2 amide bonds. The van der Waals surface area contributed by atoms with E-state index in [-0.39, 0.29) is 17.9 Å². The Kier molecular flexibility index (Phi) is 4.05. The Labute approximate surface area is 154 Å². The van der Waals surface area contributed by atoms with Crippen molar-refractivity contribution in [3.05, 3.63) is 34.5 Å². The first-order valence-corrected chi connectivity index (χ1v) is 9.51. The lowest BCUT2D eigenvalue weighted by atomic mass is 9.94. The van der Waals surface area contributed by atoms with Crippen molar-refractivity contribution in [2.75, 3.05) is 19.6 Å². The predicted octanol–water partition coefficient (Wildman–Crippen LogP) is 3.18. The molecule has 0 aliphatic carbocycles. The fourth-order valence-electron chi connectivity index (χ4n) is 4.73. The standard InChI is InChI=1S/C21H27N3O2/c1-12-7-13(2)19-18(8-12)14(3)20(22-19)21(26)24-10-16-5-6-17(24)11-23(9-16)15(4)25/h7-8,16-17,22H,5-6,9-11H2,1-4H3/t16-,17+/m1/s1. The number of aromatic amines is 1. The molecule has 0 radical (unpaired) electrons. The van der Waals surface area contributed by atoms with E-state index in [0.29, 0.717) is 18.2 Å². The number of carbonyl (C=O) groups is 2. The Hall–Kier alpha value is -2.30. The maximum absolute atomic E-state index is 13.4. The molecular formula is C21H27N3O2. The number of amides is 2. The zero-order chi connectivity index (χ0) is 18.6. The number of hydrogen-bond acceptors (Lipinski definition) is 2. The van der Waals surface area contributed by atoms with Gasteiger partial charge in [0, 0.05) is 43.5 Å². The van der Waals surface area contributed by atoms with Crippen LogP contribution in [0.3, 0.4) is 0 Å². The lowest BCUT2D eigenvalue weighted by Gasteiger charge is -2.36. The van der Waals surface area contributed by atoms with Gasteiger partial charge in [-0.15, -0.1) is 0 Å². The highest BCUT2D eigenvalue weighted by Gasteiger charge is 2.39. The summed E-state index contributed by atoms with van der Waals surface area (Å²) in [7, 11) is 0. The monoisotopic (exact) mass is 353 g/mol. The first-order chi connectivity index (χ1) is 12.3. The highest BCUT2D eigenvalue weighted by Crippen LogP contribution is 2.32. The van der Waals surface area contributed by atoms with Gasteiger partial charge in [-0.3, -0.25) is 9.59 Å². The van der Waals surface area contributed by atoms with Gasteiger partial charge in [0.25, 0.3) is 5.91 Å². The molecule has 3 aliphatic heterocycles. The normalized spacial score (nSPS) is 22.8.